The maximum Gasteiger partial charge on any atom is 0.164 e. The van der Waals surface area contributed by atoms with Gasteiger partial charge >= 0.3 is 0 Å². The van der Waals surface area contributed by atoms with Crippen molar-refractivity contribution in [3.05, 3.63) is 243 Å². The molecule has 7 heteroatoms. The predicted octanol–water partition coefficient (Wildman–Crippen LogP) is 18.7. The van der Waals surface area contributed by atoms with Gasteiger partial charge in [-0.05, 0) is 71.3 Å². The SMILES string of the molecule is c1ccc(-c2nc(-c3ccc(-c4cccc5c4oc4ccccc45)cc3)nc(-c3cccc4oc5ccc(-c6ccc(-c7cccc8c9ccccc9n(-c9ccccc9)c78)c7oc8ccccc8c67)cc5c34)n2)cc1. The Hall–Kier alpha value is -10.4. The minimum atomic E-state index is 0.549. The molecule has 354 valence electrons. The summed E-state index contributed by atoms with van der Waals surface area (Å²) in [7, 11) is 0. The van der Waals surface area contributed by atoms with Gasteiger partial charge in [0.15, 0.2) is 17.5 Å². The zero-order valence-corrected chi connectivity index (χ0v) is 40.6. The first-order valence-electron chi connectivity index (χ1n) is 25.5. The molecule has 0 saturated carbocycles. The molecular formula is C69H40N4O3. The van der Waals surface area contributed by atoms with Gasteiger partial charge in [-0.15, -0.1) is 0 Å². The highest BCUT2D eigenvalue weighted by Gasteiger charge is 2.24. The monoisotopic (exact) mass is 972 g/mol. The van der Waals surface area contributed by atoms with E-state index in [1.165, 1.54) is 10.8 Å². The van der Waals surface area contributed by atoms with Gasteiger partial charge in [0, 0.05) is 82.2 Å². The van der Waals surface area contributed by atoms with Crippen molar-refractivity contribution in [2.45, 2.75) is 0 Å². The standard InChI is InChI=1S/C69H40N4O3/c1-3-16-42(17-4-1)67-70-68(43-34-32-41(33-35-43)47-23-13-26-52-49-21-8-11-29-58(49)75-65(47)52)72-69(71-67)55-27-15-31-61-62(55)56-40-44(36-39-60(56)74-61)46-37-38-53(66-63(46)54-22-9-12-30-59(54)76-66)51-25-14-24-50-48-20-7-10-28-57(48)73(64(50)51)45-18-5-2-6-19-45/h1-40H. The third-order valence-electron chi connectivity index (χ3n) is 15.1. The Morgan fingerprint density at radius 3 is 1.64 bits per heavy atom. The molecule has 16 rings (SSSR count). The minimum Gasteiger partial charge on any atom is -0.456 e. The fourth-order valence-electron chi connectivity index (χ4n) is 11.7. The number of rotatable bonds is 7. The molecule has 0 aliphatic carbocycles. The Balaban J connectivity index is 0.857. The van der Waals surface area contributed by atoms with Gasteiger partial charge in [-0.3, -0.25) is 0 Å². The highest BCUT2D eigenvalue weighted by Crippen LogP contribution is 2.47. The first-order valence-corrected chi connectivity index (χ1v) is 25.5. The Morgan fingerprint density at radius 1 is 0.276 bits per heavy atom. The van der Waals surface area contributed by atoms with Crippen LogP contribution in [0.1, 0.15) is 0 Å². The molecule has 0 radical (unpaired) electrons. The van der Waals surface area contributed by atoms with E-state index >= 15 is 0 Å². The van der Waals surface area contributed by atoms with Crippen molar-refractivity contribution in [2.24, 2.45) is 0 Å². The summed E-state index contributed by atoms with van der Waals surface area (Å²) in [5.74, 6) is 1.70. The quantitative estimate of drug-likeness (QED) is 0.158. The Labute approximate surface area is 434 Å². The van der Waals surface area contributed by atoms with E-state index < -0.39 is 0 Å². The third-order valence-corrected chi connectivity index (χ3v) is 15.1. The lowest BCUT2D eigenvalue weighted by Crippen LogP contribution is -2.00. The van der Waals surface area contributed by atoms with Crippen molar-refractivity contribution in [3.63, 3.8) is 0 Å². The second-order valence-corrected chi connectivity index (χ2v) is 19.4. The van der Waals surface area contributed by atoms with Gasteiger partial charge in [-0.1, -0.05) is 188 Å². The summed E-state index contributed by atoms with van der Waals surface area (Å²) >= 11 is 0. The number of nitrogens with zero attached hydrogens (tertiary/aromatic N) is 4. The number of benzene rings is 11. The highest BCUT2D eigenvalue weighted by atomic mass is 16.3. The molecule has 0 unspecified atom stereocenters. The second kappa shape index (κ2) is 16.6. The summed E-state index contributed by atoms with van der Waals surface area (Å²) in [4.78, 5) is 15.6. The number of furan rings is 3. The average molecular weight is 973 g/mol. The molecule has 0 aliphatic rings. The van der Waals surface area contributed by atoms with Crippen LogP contribution in [0.4, 0.5) is 0 Å². The topological polar surface area (TPSA) is 83.0 Å². The van der Waals surface area contributed by atoms with E-state index in [9.17, 15) is 0 Å². The third kappa shape index (κ3) is 6.46. The molecule has 0 saturated heterocycles. The van der Waals surface area contributed by atoms with Crippen LogP contribution < -0.4 is 0 Å². The van der Waals surface area contributed by atoms with E-state index in [4.69, 9.17) is 28.2 Å². The van der Waals surface area contributed by atoms with Crippen molar-refractivity contribution in [3.8, 4) is 73.2 Å². The van der Waals surface area contributed by atoms with Crippen LogP contribution in [0.15, 0.2) is 256 Å². The fraction of sp³-hybridized carbons (Fsp3) is 0. The number of fused-ring (bicyclic) bond motifs is 12. The van der Waals surface area contributed by atoms with E-state index in [1.54, 1.807) is 0 Å². The summed E-state index contributed by atoms with van der Waals surface area (Å²) in [6, 6.07) is 84.3. The van der Waals surface area contributed by atoms with Crippen molar-refractivity contribution >= 4 is 87.6 Å². The predicted molar refractivity (Wildman–Crippen MR) is 309 cm³/mol. The van der Waals surface area contributed by atoms with Gasteiger partial charge in [0.2, 0.25) is 0 Å². The molecule has 16 aromatic rings. The van der Waals surface area contributed by atoms with Crippen LogP contribution in [0, 0.1) is 0 Å². The number of aromatic nitrogens is 4. The van der Waals surface area contributed by atoms with Crippen molar-refractivity contribution < 1.29 is 13.3 Å². The summed E-state index contributed by atoms with van der Waals surface area (Å²) in [6.45, 7) is 0. The van der Waals surface area contributed by atoms with Crippen LogP contribution >= 0.6 is 0 Å². The van der Waals surface area contributed by atoms with Crippen molar-refractivity contribution in [1.29, 1.82) is 0 Å². The fourth-order valence-corrected chi connectivity index (χ4v) is 11.7. The minimum absolute atomic E-state index is 0.549. The molecule has 0 amide bonds. The number of para-hydroxylation sites is 6. The van der Waals surface area contributed by atoms with Gasteiger partial charge in [0.1, 0.15) is 33.5 Å². The molecule has 0 N–H and O–H groups in total. The second-order valence-electron chi connectivity index (χ2n) is 19.4. The molecule has 0 bridgehead atoms. The molecule has 0 atom stereocenters. The lowest BCUT2D eigenvalue weighted by atomic mass is 9.93. The lowest BCUT2D eigenvalue weighted by molar-refractivity contribution is 0.669. The van der Waals surface area contributed by atoms with Crippen LogP contribution in [0.25, 0.3) is 161 Å². The van der Waals surface area contributed by atoms with Gasteiger partial charge in [-0.25, -0.2) is 15.0 Å². The molecule has 76 heavy (non-hydrogen) atoms. The molecule has 11 aromatic carbocycles. The maximum absolute atomic E-state index is 6.99. The van der Waals surface area contributed by atoms with E-state index in [-0.39, 0.29) is 0 Å². The maximum atomic E-state index is 6.99. The number of hydrogen-bond acceptors (Lipinski definition) is 6. The molecule has 0 aliphatic heterocycles. The van der Waals surface area contributed by atoms with Crippen LogP contribution in [0.2, 0.25) is 0 Å². The van der Waals surface area contributed by atoms with E-state index in [0.29, 0.717) is 17.5 Å². The van der Waals surface area contributed by atoms with Crippen LogP contribution in [-0.4, -0.2) is 19.5 Å². The van der Waals surface area contributed by atoms with Gasteiger partial charge < -0.3 is 17.8 Å². The van der Waals surface area contributed by atoms with Crippen LogP contribution in [-0.2, 0) is 0 Å². The van der Waals surface area contributed by atoms with Crippen molar-refractivity contribution in [1.82, 2.24) is 19.5 Å². The normalized spacial score (nSPS) is 11.9. The lowest BCUT2D eigenvalue weighted by Gasteiger charge is -2.13. The Bertz CT molecular complexity index is 4990. The van der Waals surface area contributed by atoms with Gasteiger partial charge in [0.25, 0.3) is 0 Å². The Morgan fingerprint density at radius 2 is 0.829 bits per heavy atom. The largest absolute Gasteiger partial charge is 0.456 e. The molecule has 0 spiro atoms. The molecule has 0 fully saturated rings. The summed E-state index contributed by atoms with van der Waals surface area (Å²) in [5, 5.41) is 8.57. The van der Waals surface area contributed by atoms with E-state index in [0.717, 1.165) is 133 Å². The van der Waals surface area contributed by atoms with Crippen LogP contribution in [0.5, 0.6) is 0 Å². The summed E-state index contributed by atoms with van der Waals surface area (Å²) < 4.78 is 22.5. The van der Waals surface area contributed by atoms with Gasteiger partial charge in [-0.2, -0.15) is 0 Å². The van der Waals surface area contributed by atoms with Crippen LogP contribution in [0.3, 0.4) is 0 Å². The Kier molecular flexibility index (Phi) is 9.20. The molecule has 5 heterocycles. The molecule has 5 aromatic heterocycles. The summed E-state index contributed by atoms with van der Waals surface area (Å²) in [5.41, 5.74) is 17.2. The number of hydrogen-bond donors (Lipinski definition) is 0. The van der Waals surface area contributed by atoms with Gasteiger partial charge in [0.05, 0.1) is 11.0 Å². The summed E-state index contributed by atoms with van der Waals surface area (Å²) in [6.07, 6.45) is 0. The zero-order valence-electron chi connectivity index (χ0n) is 40.6. The zero-order chi connectivity index (χ0) is 49.8. The first kappa shape index (κ1) is 42.2. The van der Waals surface area contributed by atoms with E-state index in [1.807, 2.05) is 66.7 Å². The first-order chi connectivity index (χ1) is 37.7. The molecular weight excluding hydrogens is 933 g/mol. The van der Waals surface area contributed by atoms with Crippen molar-refractivity contribution in [2.75, 3.05) is 0 Å². The van der Waals surface area contributed by atoms with E-state index in [2.05, 4.69) is 180 Å². The molecule has 7 nitrogen and oxygen atoms in total. The highest BCUT2D eigenvalue weighted by molar-refractivity contribution is 6.21. The average Bonchev–Trinajstić information content (AvgIpc) is 4.30. The smallest absolute Gasteiger partial charge is 0.164 e.